The fourth-order valence-electron chi connectivity index (χ4n) is 3.42. The van der Waals surface area contributed by atoms with Crippen molar-refractivity contribution in [3.05, 3.63) is 51.8 Å². The summed E-state index contributed by atoms with van der Waals surface area (Å²) in [5.74, 6) is 4.73. The van der Waals surface area contributed by atoms with Crippen LogP contribution in [0.2, 0.25) is 10.0 Å². The van der Waals surface area contributed by atoms with Gasteiger partial charge in [0.1, 0.15) is 23.3 Å². The summed E-state index contributed by atoms with van der Waals surface area (Å²) in [5, 5.41) is 13.4. The zero-order valence-electron chi connectivity index (χ0n) is 17.8. The van der Waals surface area contributed by atoms with Crippen LogP contribution in [0.3, 0.4) is 0 Å². The highest BCUT2D eigenvalue weighted by Crippen LogP contribution is 2.41. The van der Waals surface area contributed by atoms with Crippen LogP contribution >= 0.6 is 58.5 Å². The van der Waals surface area contributed by atoms with Crippen molar-refractivity contribution < 1.29 is 24.2 Å². The Bertz CT molecular complexity index is 1250. The van der Waals surface area contributed by atoms with Crippen molar-refractivity contribution in [1.29, 1.82) is 0 Å². The summed E-state index contributed by atoms with van der Waals surface area (Å²) in [6.45, 7) is 0. The largest absolute Gasteiger partial charge is 0.477 e. The highest BCUT2D eigenvalue weighted by molar-refractivity contribution is 8.01. The number of carbonyl (C=O) groups is 3. The minimum Gasteiger partial charge on any atom is -0.477 e. The first-order valence-corrected chi connectivity index (χ1v) is 13.8. The number of halogens is 2. The monoisotopic (exact) mass is 573 g/mol. The van der Waals surface area contributed by atoms with Crippen LogP contribution < -0.4 is 21.6 Å². The average Bonchev–Trinajstić information content (AvgIpc) is 2.82. The fourth-order valence-corrected chi connectivity index (χ4v) is 7.13. The molecule has 1 fully saturated rings. The second kappa shape index (κ2) is 10.7. The van der Waals surface area contributed by atoms with Crippen molar-refractivity contribution in [3.8, 4) is 0 Å². The molecule has 0 aliphatic carbocycles. The number of nitrogen functional groups attached to an aromatic ring is 2. The van der Waals surface area contributed by atoms with E-state index in [1.54, 1.807) is 30.5 Å². The van der Waals surface area contributed by atoms with Crippen LogP contribution in [0.4, 0.5) is 5.82 Å². The normalized spacial score (nSPS) is 19.3. The first-order valence-electron chi connectivity index (χ1n) is 9.99. The number of benzene rings is 1. The Kier molecular flexibility index (Phi) is 7.91. The smallest absolute Gasteiger partial charge is 0.384 e. The van der Waals surface area contributed by atoms with Crippen molar-refractivity contribution in [2.75, 3.05) is 28.8 Å². The number of anilines is 1. The molecule has 0 saturated carbocycles. The number of hydrogen-bond donors (Lipinski definition) is 4. The molecule has 15 heteroatoms. The molecule has 1 saturated heterocycles. The number of nitrogens with two attached hydrogens (primary N) is 2. The molecule has 0 unspecified atom stereocenters. The zero-order chi connectivity index (χ0) is 25.3. The van der Waals surface area contributed by atoms with Gasteiger partial charge in [0, 0.05) is 27.5 Å². The van der Waals surface area contributed by atoms with Crippen LogP contribution in [0.5, 0.6) is 0 Å². The molecule has 2 atom stereocenters. The molecular formula is C20H19Cl2N6O4S3+. The van der Waals surface area contributed by atoms with Gasteiger partial charge in [-0.1, -0.05) is 23.2 Å². The minimum atomic E-state index is -1.21. The predicted molar refractivity (Wildman–Crippen MR) is 137 cm³/mol. The lowest BCUT2D eigenvalue weighted by Gasteiger charge is -2.49. The maximum atomic E-state index is 12.8. The summed E-state index contributed by atoms with van der Waals surface area (Å²) in [6.07, 6.45) is 1.55. The number of β-lactam (4-membered cyclic amide) rings is 1. The van der Waals surface area contributed by atoms with E-state index in [-0.39, 0.29) is 28.9 Å². The zero-order valence-corrected chi connectivity index (χ0v) is 21.8. The summed E-state index contributed by atoms with van der Waals surface area (Å²) in [6, 6.07) is 5.68. The molecule has 1 aromatic carbocycles. The molecule has 0 spiro atoms. The molecule has 3 heterocycles. The van der Waals surface area contributed by atoms with Crippen LogP contribution in [0.1, 0.15) is 0 Å². The molecule has 35 heavy (non-hydrogen) atoms. The van der Waals surface area contributed by atoms with Crippen molar-refractivity contribution in [2.24, 2.45) is 0 Å². The Morgan fingerprint density at radius 3 is 2.83 bits per heavy atom. The molecule has 1 aromatic heterocycles. The number of amides is 2. The molecule has 0 bridgehead atoms. The van der Waals surface area contributed by atoms with E-state index in [0.717, 1.165) is 0 Å². The van der Waals surface area contributed by atoms with Gasteiger partial charge in [-0.3, -0.25) is 20.3 Å². The summed E-state index contributed by atoms with van der Waals surface area (Å²) >= 11 is 15.9. The van der Waals surface area contributed by atoms with Crippen molar-refractivity contribution in [3.63, 3.8) is 0 Å². The molecule has 2 aromatic rings. The van der Waals surface area contributed by atoms with Gasteiger partial charge < -0.3 is 16.2 Å². The third kappa shape index (κ3) is 5.59. The van der Waals surface area contributed by atoms with Gasteiger partial charge in [0.05, 0.1) is 10.8 Å². The quantitative estimate of drug-likeness (QED) is 0.120. The van der Waals surface area contributed by atoms with Gasteiger partial charge in [-0.15, -0.1) is 28.2 Å². The topological polar surface area (TPSA) is 156 Å². The van der Waals surface area contributed by atoms with Crippen LogP contribution in [-0.2, 0) is 14.4 Å². The van der Waals surface area contributed by atoms with Gasteiger partial charge in [-0.2, -0.15) is 0 Å². The third-order valence-corrected chi connectivity index (χ3v) is 9.17. The van der Waals surface area contributed by atoms with Gasteiger partial charge in [0.2, 0.25) is 11.7 Å². The molecule has 10 nitrogen and oxygen atoms in total. The standard InChI is InChI=1S/C20H18Cl2N6O4S3/c21-10-1-2-11(22)12(5-10)33-8-14(29)26-15-17(30)28-16(19(31)32)9(6-34-18(15)28)7-35-20-25-13(23)3-4-27(20)24/h1-5,15,18,23H,6-8,24H2,(H2,26,29,31,32)/p+1/t15-,18-/m1/s1. The number of carboxylic acids is 1. The fraction of sp³-hybridized carbons (Fsp3) is 0.250. The summed E-state index contributed by atoms with van der Waals surface area (Å²) in [5.41, 5.74) is 6.17. The van der Waals surface area contributed by atoms with Gasteiger partial charge >= 0.3 is 11.1 Å². The maximum Gasteiger partial charge on any atom is 0.384 e. The Hall–Kier alpha value is -2.32. The summed E-state index contributed by atoms with van der Waals surface area (Å²) < 4.78 is 1.29. The molecule has 184 valence electrons. The van der Waals surface area contributed by atoms with E-state index in [4.69, 9.17) is 34.8 Å². The third-order valence-electron chi connectivity index (χ3n) is 5.05. The number of aromatic nitrogens is 2. The van der Waals surface area contributed by atoms with E-state index >= 15 is 0 Å². The highest BCUT2D eigenvalue weighted by atomic mass is 35.5. The molecule has 0 radical (unpaired) electrons. The van der Waals surface area contributed by atoms with E-state index in [2.05, 4.69) is 10.3 Å². The number of thioether (sulfide) groups is 3. The molecule has 2 aliphatic heterocycles. The Morgan fingerprint density at radius 1 is 1.31 bits per heavy atom. The Labute approximate surface area is 222 Å². The molecular weight excluding hydrogens is 555 g/mol. The maximum absolute atomic E-state index is 12.8. The lowest BCUT2D eigenvalue weighted by atomic mass is 10.0. The van der Waals surface area contributed by atoms with Crippen LogP contribution in [0.15, 0.2) is 51.8 Å². The number of carbonyl (C=O) groups excluding carboxylic acids is 2. The Balaban J connectivity index is 1.40. The predicted octanol–water partition coefficient (Wildman–Crippen LogP) is 1.59. The highest BCUT2D eigenvalue weighted by Gasteiger charge is 2.54. The summed E-state index contributed by atoms with van der Waals surface area (Å²) in [4.78, 5) is 43.4. The van der Waals surface area contributed by atoms with Gasteiger partial charge in [-0.25, -0.2) is 4.79 Å². The number of fused-ring (bicyclic) bond motifs is 1. The molecule has 2 aliphatic rings. The first kappa shape index (κ1) is 25.8. The van der Waals surface area contributed by atoms with Crippen LogP contribution in [-0.4, -0.2) is 61.4 Å². The van der Waals surface area contributed by atoms with E-state index in [1.165, 1.54) is 44.9 Å². The van der Waals surface area contributed by atoms with Crippen molar-refractivity contribution >= 4 is 82.1 Å². The van der Waals surface area contributed by atoms with Gasteiger partial charge in [-0.05, 0) is 40.5 Å². The average molecular weight is 575 g/mol. The van der Waals surface area contributed by atoms with Crippen molar-refractivity contribution in [1.82, 2.24) is 15.2 Å². The van der Waals surface area contributed by atoms with Crippen molar-refractivity contribution in [2.45, 2.75) is 21.5 Å². The number of nitrogens with one attached hydrogen (secondary N) is 1. The lowest BCUT2D eigenvalue weighted by molar-refractivity contribution is -0.682. The van der Waals surface area contributed by atoms with Crippen LogP contribution in [0, 0.1) is 0 Å². The SMILES string of the molecule is Nc1cc[n+](N)c(SCC2=C(C(=O)O)N3C(=O)[C@@H](NC(=O)CSc4cc(Cl)ccc4Cl)[C@H]3SC2)n1. The Morgan fingerprint density at radius 2 is 2.09 bits per heavy atom. The van der Waals surface area contributed by atoms with Crippen LogP contribution in [0.25, 0.3) is 0 Å². The lowest BCUT2D eigenvalue weighted by Crippen LogP contribution is -2.70. The number of aliphatic carboxylic acids is 1. The number of rotatable bonds is 8. The number of carboxylic acid groups (broad SMARTS) is 1. The number of nitrogens with zero attached hydrogens (tertiary/aromatic N) is 3. The van der Waals surface area contributed by atoms with E-state index in [1.807, 2.05) is 0 Å². The second-order valence-electron chi connectivity index (χ2n) is 7.41. The molecule has 4 rings (SSSR count). The van der Waals surface area contributed by atoms with Gasteiger partial charge in [0.15, 0.2) is 0 Å². The molecule has 6 N–H and O–H groups in total. The van der Waals surface area contributed by atoms with E-state index in [0.29, 0.717) is 31.4 Å². The number of hydrogen-bond acceptors (Lipinski definition) is 9. The first-order chi connectivity index (χ1) is 16.7. The van der Waals surface area contributed by atoms with E-state index < -0.39 is 23.3 Å². The molecule has 2 amide bonds. The second-order valence-corrected chi connectivity index (χ2v) is 11.3. The summed E-state index contributed by atoms with van der Waals surface area (Å²) in [7, 11) is 0. The minimum absolute atomic E-state index is 0.0248. The van der Waals surface area contributed by atoms with E-state index in [9.17, 15) is 19.5 Å². The van der Waals surface area contributed by atoms with Gasteiger partial charge in [0.25, 0.3) is 5.91 Å².